The normalized spacial score (nSPS) is 21.5. The number of benzene rings is 1. The molecule has 0 saturated carbocycles. The van der Waals surface area contributed by atoms with E-state index in [9.17, 15) is 21.6 Å². The highest BCUT2D eigenvalue weighted by atomic mass is 32.2. The molecule has 2 aliphatic heterocycles. The fourth-order valence-electron chi connectivity index (χ4n) is 4.39. The summed E-state index contributed by atoms with van der Waals surface area (Å²) in [6.07, 6.45) is -3.46. The first kappa shape index (κ1) is 22.7. The fourth-order valence-corrected chi connectivity index (χ4v) is 5.83. The Labute approximate surface area is 185 Å². The highest BCUT2D eigenvalue weighted by molar-refractivity contribution is 7.89. The first-order chi connectivity index (χ1) is 15.2. The summed E-state index contributed by atoms with van der Waals surface area (Å²) in [6, 6.07) is 13.5. The second-order valence-electron chi connectivity index (χ2n) is 8.21. The van der Waals surface area contributed by atoms with E-state index in [0.29, 0.717) is 42.9 Å². The lowest BCUT2D eigenvalue weighted by molar-refractivity contribution is -0.186. The van der Waals surface area contributed by atoms with Crippen molar-refractivity contribution in [3.05, 3.63) is 48.0 Å². The lowest BCUT2D eigenvalue weighted by Gasteiger charge is -2.36. The molecule has 4 rings (SSSR count). The van der Waals surface area contributed by atoms with Gasteiger partial charge in [-0.3, -0.25) is 4.90 Å². The number of hydrogen-bond acceptors (Lipinski definition) is 5. The number of nitriles is 1. The van der Waals surface area contributed by atoms with Gasteiger partial charge in [0.05, 0.1) is 23.2 Å². The van der Waals surface area contributed by atoms with Crippen LogP contribution >= 0.6 is 0 Å². The molecule has 0 radical (unpaired) electrons. The molecule has 6 nitrogen and oxygen atoms in total. The Morgan fingerprint density at radius 2 is 1.69 bits per heavy atom. The minimum absolute atomic E-state index is 0.0565. The minimum Gasteiger partial charge on any atom is -0.299 e. The summed E-state index contributed by atoms with van der Waals surface area (Å²) in [4.78, 5) is 6.32. The SMILES string of the molecule is N#Cc1ccc(-c2cccc(S(=O)(=O)N3CCC(N4CCC(C(F)(F)F)CC4)C3)n2)cc1. The van der Waals surface area contributed by atoms with E-state index in [2.05, 4.69) is 4.98 Å². The molecule has 2 saturated heterocycles. The van der Waals surface area contributed by atoms with Crippen molar-refractivity contribution in [2.45, 2.75) is 36.5 Å². The Bertz CT molecular complexity index is 1110. The van der Waals surface area contributed by atoms with Crippen molar-refractivity contribution in [3.8, 4) is 17.3 Å². The van der Waals surface area contributed by atoms with Crippen LogP contribution in [0, 0.1) is 17.2 Å². The Balaban J connectivity index is 1.45. The van der Waals surface area contributed by atoms with E-state index in [0.717, 1.165) is 0 Å². The largest absolute Gasteiger partial charge is 0.391 e. The third kappa shape index (κ3) is 4.65. The topological polar surface area (TPSA) is 77.3 Å². The molecular weight excluding hydrogens is 441 g/mol. The lowest BCUT2D eigenvalue weighted by atomic mass is 9.95. The van der Waals surface area contributed by atoms with Crippen molar-refractivity contribution in [2.24, 2.45) is 5.92 Å². The van der Waals surface area contributed by atoms with Gasteiger partial charge in [0, 0.05) is 24.7 Å². The van der Waals surface area contributed by atoms with E-state index in [-0.39, 0.29) is 30.5 Å². The first-order valence-electron chi connectivity index (χ1n) is 10.5. The molecule has 10 heteroatoms. The third-order valence-electron chi connectivity index (χ3n) is 6.27. The smallest absolute Gasteiger partial charge is 0.299 e. The van der Waals surface area contributed by atoms with Crippen molar-refractivity contribution < 1.29 is 21.6 Å². The van der Waals surface area contributed by atoms with Gasteiger partial charge in [-0.25, -0.2) is 13.4 Å². The first-order valence-corrected chi connectivity index (χ1v) is 11.9. The van der Waals surface area contributed by atoms with Gasteiger partial charge < -0.3 is 0 Å². The van der Waals surface area contributed by atoms with Gasteiger partial charge >= 0.3 is 6.18 Å². The summed E-state index contributed by atoms with van der Waals surface area (Å²) in [7, 11) is -3.82. The number of alkyl halides is 3. The number of hydrogen-bond donors (Lipinski definition) is 0. The molecule has 170 valence electrons. The molecule has 0 N–H and O–H groups in total. The van der Waals surface area contributed by atoms with Crippen LogP contribution in [0.15, 0.2) is 47.5 Å². The van der Waals surface area contributed by atoms with E-state index < -0.39 is 22.1 Å². The van der Waals surface area contributed by atoms with Crippen molar-refractivity contribution in [2.75, 3.05) is 26.2 Å². The number of pyridine rings is 1. The number of rotatable bonds is 4. The van der Waals surface area contributed by atoms with Crippen LogP contribution in [0.3, 0.4) is 0 Å². The zero-order valence-corrected chi connectivity index (χ0v) is 18.1. The fraction of sp³-hybridized carbons (Fsp3) is 0.455. The highest BCUT2D eigenvalue weighted by Gasteiger charge is 2.43. The Hall–Kier alpha value is -2.48. The standard InChI is InChI=1S/C22H23F3N4O2S/c23-22(24,25)18-8-11-28(12-9-18)19-10-13-29(15-19)32(30,31)21-3-1-2-20(27-21)17-6-4-16(14-26)5-7-17/h1-7,18-19H,8-13,15H2. The molecule has 0 aliphatic carbocycles. The van der Waals surface area contributed by atoms with Gasteiger partial charge in [0.15, 0.2) is 5.03 Å². The van der Waals surface area contributed by atoms with Crippen LogP contribution in [-0.2, 0) is 10.0 Å². The average Bonchev–Trinajstić information content (AvgIpc) is 3.30. The van der Waals surface area contributed by atoms with Crippen molar-refractivity contribution in [1.29, 1.82) is 5.26 Å². The number of halogens is 3. The Morgan fingerprint density at radius 1 is 1.00 bits per heavy atom. The summed E-state index contributed by atoms with van der Waals surface area (Å²) in [6.45, 7) is 1.22. The molecule has 1 unspecified atom stereocenters. The monoisotopic (exact) mass is 464 g/mol. The van der Waals surface area contributed by atoms with Crippen LogP contribution in [0.1, 0.15) is 24.8 Å². The van der Waals surface area contributed by atoms with E-state index >= 15 is 0 Å². The molecule has 1 aromatic carbocycles. The number of aromatic nitrogens is 1. The van der Waals surface area contributed by atoms with E-state index in [1.54, 1.807) is 36.4 Å². The number of likely N-dealkylation sites (tertiary alicyclic amines) is 1. The van der Waals surface area contributed by atoms with Crippen LogP contribution < -0.4 is 0 Å². The van der Waals surface area contributed by atoms with Crippen LogP contribution in [0.2, 0.25) is 0 Å². The quantitative estimate of drug-likeness (QED) is 0.690. The minimum atomic E-state index is -4.16. The van der Waals surface area contributed by atoms with Crippen molar-refractivity contribution in [1.82, 2.24) is 14.2 Å². The number of sulfonamides is 1. The molecule has 2 fully saturated rings. The summed E-state index contributed by atoms with van der Waals surface area (Å²) in [5, 5.41) is 8.87. The van der Waals surface area contributed by atoms with E-state index in [1.807, 2.05) is 11.0 Å². The summed E-state index contributed by atoms with van der Waals surface area (Å²) in [5.41, 5.74) is 1.69. The van der Waals surface area contributed by atoms with Crippen LogP contribution in [0.25, 0.3) is 11.3 Å². The third-order valence-corrected chi connectivity index (χ3v) is 8.04. The second kappa shape index (κ2) is 8.81. The van der Waals surface area contributed by atoms with Crippen molar-refractivity contribution in [3.63, 3.8) is 0 Å². The maximum absolute atomic E-state index is 13.2. The van der Waals surface area contributed by atoms with Gasteiger partial charge in [0.1, 0.15) is 0 Å². The second-order valence-corrected chi connectivity index (χ2v) is 10.1. The average molecular weight is 465 g/mol. The van der Waals surface area contributed by atoms with Gasteiger partial charge in [-0.15, -0.1) is 0 Å². The molecule has 3 heterocycles. The molecule has 2 aliphatic rings. The lowest BCUT2D eigenvalue weighted by Crippen LogP contribution is -2.45. The predicted octanol–water partition coefficient (Wildman–Crippen LogP) is 3.66. The molecular formula is C22H23F3N4O2S. The molecule has 1 atom stereocenters. The highest BCUT2D eigenvalue weighted by Crippen LogP contribution is 2.35. The van der Waals surface area contributed by atoms with Gasteiger partial charge in [0.25, 0.3) is 10.0 Å². The Kier molecular flexibility index (Phi) is 6.25. The van der Waals surface area contributed by atoms with E-state index in [1.165, 1.54) is 10.4 Å². The molecule has 2 aromatic rings. The Morgan fingerprint density at radius 3 is 2.31 bits per heavy atom. The summed E-state index contributed by atoms with van der Waals surface area (Å²) >= 11 is 0. The maximum atomic E-state index is 13.2. The zero-order chi connectivity index (χ0) is 22.9. The summed E-state index contributed by atoms with van der Waals surface area (Å²) < 4.78 is 66.5. The molecule has 0 bridgehead atoms. The van der Waals surface area contributed by atoms with Crippen LogP contribution in [0.4, 0.5) is 13.2 Å². The number of piperidine rings is 1. The maximum Gasteiger partial charge on any atom is 0.391 e. The molecule has 32 heavy (non-hydrogen) atoms. The van der Waals surface area contributed by atoms with Gasteiger partial charge in [-0.05, 0) is 56.6 Å². The van der Waals surface area contributed by atoms with Gasteiger partial charge in [0.2, 0.25) is 0 Å². The van der Waals surface area contributed by atoms with Crippen LogP contribution in [0.5, 0.6) is 0 Å². The van der Waals surface area contributed by atoms with Gasteiger partial charge in [-0.2, -0.15) is 22.7 Å². The number of nitrogens with zero attached hydrogens (tertiary/aromatic N) is 4. The predicted molar refractivity (Wildman–Crippen MR) is 112 cm³/mol. The van der Waals surface area contributed by atoms with E-state index in [4.69, 9.17) is 5.26 Å². The molecule has 1 aromatic heterocycles. The van der Waals surface area contributed by atoms with Crippen molar-refractivity contribution >= 4 is 10.0 Å². The summed E-state index contributed by atoms with van der Waals surface area (Å²) in [5.74, 6) is -1.27. The molecule has 0 spiro atoms. The zero-order valence-electron chi connectivity index (χ0n) is 17.3. The molecule has 0 amide bonds. The van der Waals surface area contributed by atoms with Crippen LogP contribution in [-0.4, -0.2) is 61.0 Å². The van der Waals surface area contributed by atoms with Gasteiger partial charge in [-0.1, -0.05) is 18.2 Å².